The van der Waals surface area contributed by atoms with Crippen LogP contribution in [0.15, 0.2) is 30.6 Å². The fourth-order valence-electron chi connectivity index (χ4n) is 1.53. The summed E-state index contributed by atoms with van der Waals surface area (Å²) in [6.07, 6.45) is 2.14. The number of aromatic nitrogens is 2. The number of hydrogen-bond donors (Lipinski definition) is 1. The number of halogens is 2. The number of nitrogens with zero attached hydrogens (tertiary/aromatic N) is 2. The van der Waals surface area contributed by atoms with Crippen LogP contribution in [0.25, 0.3) is 5.69 Å². The SMILES string of the molecule is C[C@@H](O)c1cccc(F)c1-n1cc(Cl)cn1. The highest BCUT2D eigenvalue weighted by atomic mass is 35.5. The number of rotatable bonds is 2. The topological polar surface area (TPSA) is 38.0 Å². The molecule has 0 bridgehead atoms. The molecule has 0 amide bonds. The Morgan fingerprint density at radius 3 is 2.81 bits per heavy atom. The zero-order chi connectivity index (χ0) is 11.7. The average molecular weight is 241 g/mol. The van der Waals surface area contributed by atoms with E-state index in [1.807, 2.05) is 0 Å². The molecular weight excluding hydrogens is 231 g/mol. The predicted octanol–water partition coefficient (Wildman–Crippen LogP) is 2.72. The second kappa shape index (κ2) is 4.23. The van der Waals surface area contributed by atoms with Crippen LogP contribution in [0.3, 0.4) is 0 Å². The van der Waals surface area contributed by atoms with Crippen molar-refractivity contribution >= 4 is 11.6 Å². The molecule has 16 heavy (non-hydrogen) atoms. The molecule has 0 aliphatic rings. The summed E-state index contributed by atoms with van der Waals surface area (Å²) in [5, 5.41) is 13.9. The van der Waals surface area contributed by atoms with E-state index in [0.717, 1.165) is 0 Å². The van der Waals surface area contributed by atoms with Gasteiger partial charge in [-0.1, -0.05) is 23.7 Å². The lowest BCUT2D eigenvalue weighted by Gasteiger charge is -2.12. The third kappa shape index (κ3) is 1.94. The van der Waals surface area contributed by atoms with Crippen LogP contribution in [0.5, 0.6) is 0 Å². The Bertz CT molecular complexity index is 510. The van der Waals surface area contributed by atoms with Crippen LogP contribution in [0, 0.1) is 5.82 Å². The molecule has 1 N–H and O–H groups in total. The summed E-state index contributed by atoms with van der Waals surface area (Å²) in [4.78, 5) is 0. The van der Waals surface area contributed by atoms with Crippen LogP contribution in [0.2, 0.25) is 5.02 Å². The highest BCUT2D eigenvalue weighted by molar-refractivity contribution is 6.30. The van der Waals surface area contributed by atoms with Crippen molar-refractivity contribution in [3.8, 4) is 5.69 Å². The number of benzene rings is 1. The third-order valence-electron chi connectivity index (χ3n) is 2.25. The first kappa shape index (κ1) is 11.1. The molecule has 1 atom stereocenters. The zero-order valence-electron chi connectivity index (χ0n) is 8.56. The Labute approximate surface area is 97.1 Å². The lowest BCUT2D eigenvalue weighted by atomic mass is 10.1. The lowest BCUT2D eigenvalue weighted by molar-refractivity contribution is 0.198. The van der Waals surface area contributed by atoms with E-state index in [4.69, 9.17) is 11.6 Å². The van der Waals surface area contributed by atoms with Crippen molar-refractivity contribution < 1.29 is 9.50 Å². The average Bonchev–Trinajstić information content (AvgIpc) is 2.64. The van der Waals surface area contributed by atoms with Crippen LogP contribution in [-0.4, -0.2) is 14.9 Å². The van der Waals surface area contributed by atoms with Gasteiger partial charge < -0.3 is 5.11 Å². The van der Waals surface area contributed by atoms with Gasteiger partial charge in [-0.3, -0.25) is 0 Å². The van der Waals surface area contributed by atoms with Gasteiger partial charge >= 0.3 is 0 Å². The summed E-state index contributed by atoms with van der Waals surface area (Å²) < 4.78 is 15.0. The van der Waals surface area contributed by atoms with E-state index in [9.17, 15) is 9.50 Å². The largest absolute Gasteiger partial charge is 0.389 e. The number of aliphatic hydroxyl groups excluding tert-OH is 1. The number of hydrogen-bond acceptors (Lipinski definition) is 2. The van der Waals surface area contributed by atoms with Crippen molar-refractivity contribution in [2.45, 2.75) is 13.0 Å². The summed E-state index contributed by atoms with van der Waals surface area (Å²) in [5.41, 5.74) is 0.698. The summed E-state index contributed by atoms with van der Waals surface area (Å²) in [6, 6.07) is 4.52. The normalized spacial score (nSPS) is 12.8. The van der Waals surface area contributed by atoms with Crippen LogP contribution in [-0.2, 0) is 0 Å². The molecule has 5 heteroatoms. The molecule has 2 aromatic rings. The minimum Gasteiger partial charge on any atom is -0.389 e. The molecule has 84 valence electrons. The smallest absolute Gasteiger partial charge is 0.149 e. The van der Waals surface area contributed by atoms with E-state index in [1.54, 1.807) is 19.1 Å². The van der Waals surface area contributed by atoms with Crippen molar-refractivity contribution in [1.82, 2.24) is 9.78 Å². The first-order valence-electron chi connectivity index (χ1n) is 4.76. The molecule has 1 aromatic carbocycles. The highest BCUT2D eigenvalue weighted by Gasteiger charge is 2.14. The molecule has 1 aromatic heterocycles. The Kier molecular flexibility index (Phi) is 2.94. The molecular formula is C11H10ClFN2O. The fourth-order valence-corrected chi connectivity index (χ4v) is 1.67. The monoisotopic (exact) mass is 240 g/mol. The van der Waals surface area contributed by atoms with Crippen LogP contribution in [0.1, 0.15) is 18.6 Å². The van der Waals surface area contributed by atoms with Gasteiger partial charge in [0.1, 0.15) is 11.5 Å². The third-order valence-corrected chi connectivity index (χ3v) is 2.44. The van der Waals surface area contributed by atoms with Crippen molar-refractivity contribution in [3.05, 3.63) is 47.0 Å². The van der Waals surface area contributed by atoms with Gasteiger partial charge in [0.25, 0.3) is 0 Å². The van der Waals surface area contributed by atoms with Gasteiger partial charge in [0.15, 0.2) is 0 Å². The Hall–Kier alpha value is -1.39. The van der Waals surface area contributed by atoms with E-state index >= 15 is 0 Å². The molecule has 0 unspecified atom stereocenters. The molecule has 0 radical (unpaired) electrons. The quantitative estimate of drug-likeness (QED) is 0.877. The summed E-state index contributed by atoms with van der Waals surface area (Å²) in [6.45, 7) is 1.57. The maximum atomic E-state index is 13.7. The molecule has 0 saturated carbocycles. The van der Waals surface area contributed by atoms with E-state index in [2.05, 4.69) is 5.10 Å². The minimum absolute atomic E-state index is 0.226. The molecule has 0 fully saturated rings. The Balaban J connectivity index is 2.62. The van der Waals surface area contributed by atoms with Gasteiger partial charge in [0, 0.05) is 11.8 Å². The van der Waals surface area contributed by atoms with Crippen LogP contribution >= 0.6 is 11.6 Å². The first-order valence-corrected chi connectivity index (χ1v) is 5.14. The van der Waals surface area contributed by atoms with Gasteiger partial charge in [-0.25, -0.2) is 9.07 Å². The molecule has 1 heterocycles. The van der Waals surface area contributed by atoms with E-state index in [1.165, 1.54) is 23.1 Å². The summed E-state index contributed by atoms with van der Waals surface area (Å²) in [7, 11) is 0. The Morgan fingerprint density at radius 2 is 2.25 bits per heavy atom. The van der Waals surface area contributed by atoms with Crippen LogP contribution < -0.4 is 0 Å². The van der Waals surface area contributed by atoms with Gasteiger partial charge in [-0.2, -0.15) is 5.10 Å². The second-order valence-corrected chi connectivity index (χ2v) is 3.89. The van der Waals surface area contributed by atoms with Crippen molar-refractivity contribution in [1.29, 1.82) is 0 Å². The predicted molar refractivity (Wildman–Crippen MR) is 59.2 cm³/mol. The molecule has 0 saturated heterocycles. The lowest BCUT2D eigenvalue weighted by Crippen LogP contribution is -2.05. The summed E-state index contributed by atoms with van der Waals surface area (Å²) in [5.74, 6) is -0.446. The van der Waals surface area contributed by atoms with E-state index in [0.29, 0.717) is 10.6 Å². The first-order chi connectivity index (χ1) is 7.59. The molecule has 0 aliphatic carbocycles. The molecule has 2 rings (SSSR count). The second-order valence-electron chi connectivity index (χ2n) is 3.46. The van der Waals surface area contributed by atoms with E-state index < -0.39 is 11.9 Å². The highest BCUT2D eigenvalue weighted by Crippen LogP contribution is 2.24. The van der Waals surface area contributed by atoms with Gasteiger partial charge in [0.05, 0.1) is 17.3 Å². The molecule has 3 nitrogen and oxygen atoms in total. The van der Waals surface area contributed by atoms with Crippen molar-refractivity contribution in [3.63, 3.8) is 0 Å². The number of para-hydroxylation sites is 1. The van der Waals surface area contributed by atoms with E-state index in [-0.39, 0.29) is 5.69 Å². The van der Waals surface area contributed by atoms with Gasteiger partial charge in [0.2, 0.25) is 0 Å². The van der Waals surface area contributed by atoms with Crippen molar-refractivity contribution in [2.75, 3.05) is 0 Å². The Morgan fingerprint density at radius 1 is 1.50 bits per heavy atom. The number of aliphatic hydroxyl groups is 1. The fraction of sp³-hybridized carbons (Fsp3) is 0.182. The maximum Gasteiger partial charge on any atom is 0.149 e. The van der Waals surface area contributed by atoms with Gasteiger partial charge in [-0.15, -0.1) is 0 Å². The van der Waals surface area contributed by atoms with Gasteiger partial charge in [-0.05, 0) is 13.0 Å². The molecule has 0 aliphatic heterocycles. The maximum absolute atomic E-state index is 13.7. The summed E-state index contributed by atoms with van der Waals surface area (Å²) >= 11 is 5.73. The van der Waals surface area contributed by atoms with Crippen LogP contribution in [0.4, 0.5) is 4.39 Å². The van der Waals surface area contributed by atoms with Crippen molar-refractivity contribution in [2.24, 2.45) is 0 Å². The minimum atomic E-state index is -0.770. The standard InChI is InChI=1S/C11H10ClFN2O/c1-7(16)9-3-2-4-10(13)11(9)15-6-8(12)5-14-15/h2-7,16H,1H3/t7-/m1/s1. The zero-order valence-corrected chi connectivity index (χ0v) is 9.32. The molecule has 0 spiro atoms.